The Bertz CT molecular complexity index is 435. The second-order valence-corrected chi connectivity index (χ2v) is 4.64. The largest absolute Gasteiger partial charge is 0.394 e. The molecule has 1 aliphatic rings. The Balaban J connectivity index is 2.09. The molecule has 0 aromatic carbocycles. The number of aliphatic hydroxyl groups excluding tert-OH is 1. The van der Waals surface area contributed by atoms with Crippen LogP contribution >= 0.6 is 0 Å². The van der Waals surface area contributed by atoms with Crippen LogP contribution < -0.4 is 5.32 Å². The lowest BCUT2D eigenvalue weighted by molar-refractivity contribution is -0.0859. The van der Waals surface area contributed by atoms with Crippen LogP contribution in [0.2, 0.25) is 0 Å². The van der Waals surface area contributed by atoms with Gasteiger partial charge in [-0.2, -0.15) is 0 Å². The van der Waals surface area contributed by atoms with Gasteiger partial charge in [0, 0.05) is 20.1 Å². The Morgan fingerprint density at radius 2 is 2.37 bits per heavy atom. The highest BCUT2D eigenvalue weighted by atomic mass is 16.5. The number of rotatable bonds is 3. The van der Waals surface area contributed by atoms with E-state index >= 15 is 0 Å². The van der Waals surface area contributed by atoms with E-state index < -0.39 is 0 Å². The minimum atomic E-state index is -0.315. The number of nitrogens with zero attached hydrogens (tertiary/aromatic N) is 2. The molecule has 19 heavy (non-hydrogen) atoms. The molecule has 2 unspecified atom stereocenters. The average Bonchev–Trinajstić information content (AvgIpc) is 2.46. The Labute approximate surface area is 112 Å². The molecule has 2 heterocycles. The first-order valence-electron chi connectivity index (χ1n) is 6.33. The lowest BCUT2D eigenvalue weighted by Gasteiger charge is -2.35. The van der Waals surface area contributed by atoms with Gasteiger partial charge in [0.15, 0.2) is 0 Å². The number of anilines is 1. The van der Waals surface area contributed by atoms with Gasteiger partial charge in [-0.3, -0.25) is 4.79 Å². The summed E-state index contributed by atoms with van der Waals surface area (Å²) >= 11 is 0. The van der Waals surface area contributed by atoms with Crippen molar-refractivity contribution in [3.05, 3.63) is 24.0 Å². The van der Waals surface area contributed by atoms with Gasteiger partial charge in [0.25, 0.3) is 5.91 Å². The van der Waals surface area contributed by atoms with Crippen molar-refractivity contribution in [2.75, 3.05) is 32.1 Å². The SMILES string of the molecule is CNc1ccc(C(=O)N2CC(C)OC(CO)C2)nc1. The van der Waals surface area contributed by atoms with Crippen molar-refractivity contribution >= 4 is 11.6 Å². The zero-order valence-corrected chi connectivity index (χ0v) is 11.2. The van der Waals surface area contributed by atoms with Crippen LogP contribution in [-0.4, -0.2) is 59.8 Å². The molecular weight excluding hydrogens is 246 g/mol. The molecular formula is C13H19N3O3. The van der Waals surface area contributed by atoms with E-state index in [0.29, 0.717) is 18.8 Å². The van der Waals surface area contributed by atoms with Crippen molar-refractivity contribution in [2.45, 2.75) is 19.1 Å². The zero-order valence-electron chi connectivity index (χ0n) is 11.2. The van der Waals surface area contributed by atoms with E-state index in [1.54, 1.807) is 24.2 Å². The van der Waals surface area contributed by atoms with Crippen LogP contribution in [-0.2, 0) is 4.74 Å². The van der Waals surface area contributed by atoms with Crippen LogP contribution in [0.15, 0.2) is 18.3 Å². The Hall–Kier alpha value is -1.66. The van der Waals surface area contributed by atoms with E-state index in [1.807, 2.05) is 13.0 Å². The van der Waals surface area contributed by atoms with Gasteiger partial charge in [0.05, 0.1) is 30.7 Å². The van der Waals surface area contributed by atoms with E-state index in [2.05, 4.69) is 10.3 Å². The number of aromatic nitrogens is 1. The van der Waals surface area contributed by atoms with Crippen molar-refractivity contribution in [3.63, 3.8) is 0 Å². The van der Waals surface area contributed by atoms with Crippen molar-refractivity contribution in [1.82, 2.24) is 9.88 Å². The third-order valence-corrected chi connectivity index (χ3v) is 3.09. The summed E-state index contributed by atoms with van der Waals surface area (Å²) in [6.45, 7) is 2.72. The lowest BCUT2D eigenvalue weighted by atomic mass is 10.2. The number of morpholine rings is 1. The van der Waals surface area contributed by atoms with Crippen LogP contribution in [0, 0.1) is 0 Å². The van der Waals surface area contributed by atoms with Crippen LogP contribution in [0.4, 0.5) is 5.69 Å². The summed E-state index contributed by atoms with van der Waals surface area (Å²) < 4.78 is 5.51. The minimum Gasteiger partial charge on any atom is -0.394 e. The van der Waals surface area contributed by atoms with Gasteiger partial charge in [-0.15, -0.1) is 0 Å². The summed E-state index contributed by atoms with van der Waals surface area (Å²) in [7, 11) is 1.80. The highest BCUT2D eigenvalue weighted by molar-refractivity contribution is 5.92. The number of carbonyl (C=O) groups is 1. The number of ether oxygens (including phenoxy) is 1. The normalized spacial score (nSPS) is 23.2. The number of hydrogen-bond acceptors (Lipinski definition) is 5. The molecule has 1 saturated heterocycles. The summed E-state index contributed by atoms with van der Waals surface area (Å²) in [5.74, 6) is -0.128. The average molecular weight is 265 g/mol. The van der Waals surface area contributed by atoms with Gasteiger partial charge in [-0.05, 0) is 19.1 Å². The molecule has 1 aromatic rings. The van der Waals surface area contributed by atoms with Crippen molar-refractivity contribution < 1.29 is 14.6 Å². The molecule has 0 spiro atoms. The maximum atomic E-state index is 12.3. The molecule has 0 saturated carbocycles. The molecule has 0 radical (unpaired) electrons. The number of hydrogen-bond donors (Lipinski definition) is 2. The third-order valence-electron chi connectivity index (χ3n) is 3.09. The van der Waals surface area contributed by atoms with E-state index in [-0.39, 0.29) is 24.7 Å². The standard InChI is InChI=1S/C13H19N3O3/c1-9-6-16(7-11(8-17)19-9)13(18)12-4-3-10(14-2)5-15-12/h3-5,9,11,14,17H,6-8H2,1-2H3. The number of carbonyl (C=O) groups excluding carboxylic acids is 1. The molecule has 6 heteroatoms. The summed E-state index contributed by atoms with van der Waals surface area (Å²) in [5.41, 5.74) is 1.27. The third kappa shape index (κ3) is 3.21. The number of nitrogens with one attached hydrogen (secondary N) is 1. The Morgan fingerprint density at radius 3 is 2.95 bits per heavy atom. The second kappa shape index (κ2) is 5.99. The number of pyridine rings is 1. The maximum Gasteiger partial charge on any atom is 0.272 e. The smallest absolute Gasteiger partial charge is 0.272 e. The number of amides is 1. The van der Waals surface area contributed by atoms with E-state index in [0.717, 1.165) is 5.69 Å². The highest BCUT2D eigenvalue weighted by Gasteiger charge is 2.28. The van der Waals surface area contributed by atoms with Gasteiger partial charge in [0.2, 0.25) is 0 Å². The summed E-state index contributed by atoms with van der Waals surface area (Å²) in [5, 5.41) is 12.1. The molecule has 0 aliphatic carbocycles. The molecule has 2 rings (SSSR count). The van der Waals surface area contributed by atoms with Gasteiger partial charge in [-0.25, -0.2) is 4.98 Å². The first-order valence-corrected chi connectivity index (χ1v) is 6.33. The maximum absolute atomic E-state index is 12.3. The second-order valence-electron chi connectivity index (χ2n) is 4.64. The van der Waals surface area contributed by atoms with Gasteiger partial charge in [0.1, 0.15) is 5.69 Å². The summed E-state index contributed by atoms with van der Waals surface area (Å²) in [6.07, 6.45) is 1.23. The highest BCUT2D eigenvalue weighted by Crippen LogP contribution is 2.14. The Morgan fingerprint density at radius 1 is 1.58 bits per heavy atom. The molecule has 104 valence electrons. The van der Waals surface area contributed by atoms with E-state index in [1.165, 1.54) is 0 Å². The molecule has 1 aromatic heterocycles. The predicted molar refractivity (Wildman–Crippen MR) is 71.1 cm³/mol. The fourth-order valence-electron chi connectivity index (χ4n) is 2.14. The molecule has 1 amide bonds. The van der Waals surface area contributed by atoms with Gasteiger partial charge in [-0.1, -0.05) is 0 Å². The fourth-order valence-corrected chi connectivity index (χ4v) is 2.14. The predicted octanol–water partition coefficient (Wildman–Crippen LogP) is 0.345. The molecule has 2 atom stereocenters. The first kappa shape index (κ1) is 13.8. The quantitative estimate of drug-likeness (QED) is 0.824. The van der Waals surface area contributed by atoms with E-state index in [4.69, 9.17) is 9.84 Å². The van der Waals surface area contributed by atoms with Crippen LogP contribution in [0.5, 0.6) is 0 Å². The summed E-state index contributed by atoms with van der Waals surface area (Å²) in [4.78, 5) is 18.1. The summed E-state index contributed by atoms with van der Waals surface area (Å²) in [6, 6.07) is 3.51. The van der Waals surface area contributed by atoms with Crippen molar-refractivity contribution in [2.24, 2.45) is 0 Å². The van der Waals surface area contributed by atoms with E-state index in [9.17, 15) is 4.79 Å². The Kier molecular flexibility index (Phi) is 4.34. The van der Waals surface area contributed by atoms with Gasteiger partial charge < -0.3 is 20.1 Å². The zero-order chi connectivity index (χ0) is 13.8. The monoisotopic (exact) mass is 265 g/mol. The molecule has 2 N–H and O–H groups in total. The first-order chi connectivity index (χ1) is 9.13. The molecule has 1 fully saturated rings. The van der Waals surface area contributed by atoms with Crippen molar-refractivity contribution in [3.8, 4) is 0 Å². The minimum absolute atomic E-state index is 0.0774. The molecule has 1 aliphatic heterocycles. The molecule has 0 bridgehead atoms. The van der Waals surface area contributed by atoms with Crippen LogP contribution in [0.25, 0.3) is 0 Å². The lowest BCUT2D eigenvalue weighted by Crippen LogP contribution is -2.50. The number of aliphatic hydroxyl groups is 1. The van der Waals surface area contributed by atoms with Crippen molar-refractivity contribution in [1.29, 1.82) is 0 Å². The van der Waals surface area contributed by atoms with Crippen LogP contribution in [0.1, 0.15) is 17.4 Å². The van der Waals surface area contributed by atoms with Crippen LogP contribution in [0.3, 0.4) is 0 Å². The molecule has 6 nitrogen and oxygen atoms in total. The van der Waals surface area contributed by atoms with Gasteiger partial charge >= 0.3 is 0 Å². The fraction of sp³-hybridized carbons (Fsp3) is 0.538. The topological polar surface area (TPSA) is 74.7 Å².